The molecule has 0 unspecified atom stereocenters. The number of alkyl halides is 2. The first-order chi connectivity index (χ1) is 20.7. The molecule has 0 amide bonds. The molecule has 1 saturated carbocycles. The van der Waals surface area contributed by atoms with Gasteiger partial charge >= 0.3 is 0 Å². The smallest absolute Gasteiger partial charge is 0.276 e. The lowest BCUT2D eigenvalue weighted by Gasteiger charge is -2.35. The van der Waals surface area contributed by atoms with Crippen LogP contribution in [0, 0.1) is 29.6 Å². The van der Waals surface area contributed by atoms with Gasteiger partial charge in [0.15, 0.2) is 0 Å². The van der Waals surface area contributed by atoms with Gasteiger partial charge in [0, 0.05) is 41.1 Å². The second-order valence-electron chi connectivity index (χ2n) is 11.3. The number of nitrogens with zero attached hydrogens (tertiary/aromatic N) is 8. The van der Waals surface area contributed by atoms with E-state index in [4.69, 9.17) is 12.0 Å². The fraction of sp³-hybridized carbons (Fsp3) is 0.484. The number of benzene rings is 1. The molecule has 1 atom stereocenters. The highest BCUT2D eigenvalue weighted by molar-refractivity contribution is 5.87. The van der Waals surface area contributed by atoms with Crippen LogP contribution < -0.4 is 10.9 Å². The Labute approximate surface area is 248 Å². The van der Waals surface area contributed by atoms with Crippen LogP contribution in [0.3, 0.4) is 0 Å². The normalized spacial score (nSPS) is 17.4. The van der Waals surface area contributed by atoms with Crippen LogP contribution in [0.4, 0.5) is 14.6 Å². The van der Waals surface area contributed by atoms with Crippen LogP contribution in [-0.2, 0) is 17.9 Å². The lowest BCUT2D eigenvalue weighted by Crippen LogP contribution is -2.39. The lowest BCUT2D eigenvalue weighted by molar-refractivity contribution is -0.0846. The molecule has 2 fully saturated rings. The number of hydrogen-bond acceptors (Lipinski definition) is 7. The van der Waals surface area contributed by atoms with Crippen LogP contribution in [0.15, 0.2) is 46.6 Å². The molecule has 222 valence electrons. The maximum Gasteiger partial charge on any atom is 0.276 e. The van der Waals surface area contributed by atoms with Gasteiger partial charge in [0.2, 0.25) is 0 Å². The van der Waals surface area contributed by atoms with Crippen LogP contribution in [0.2, 0.25) is 0 Å². The van der Waals surface area contributed by atoms with Crippen molar-refractivity contribution >= 4 is 16.9 Å². The zero-order valence-corrected chi connectivity index (χ0v) is 24.0. The molecule has 10 nitrogen and oxygen atoms in total. The largest absolute Gasteiger partial charge is 0.363 e. The van der Waals surface area contributed by atoms with E-state index in [1.807, 2.05) is 11.8 Å². The van der Waals surface area contributed by atoms with Crippen LogP contribution in [0.25, 0.3) is 21.5 Å². The van der Waals surface area contributed by atoms with Crippen molar-refractivity contribution in [3.63, 3.8) is 0 Å². The average molecular weight is 586 g/mol. The summed E-state index contributed by atoms with van der Waals surface area (Å²) in [6, 6.07) is 10.0. The molecule has 1 aliphatic heterocycles. The number of aryl methyl sites for hydroxylation is 1. The number of piperidine rings is 1. The van der Waals surface area contributed by atoms with Crippen molar-refractivity contribution in [1.82, 2.24) is 19.4 Å². The van der Waals surface area contributed by atoms with E-state index < -0.39 is 23.3 Å². The van der Waals surface area contributed by atoms with Crippen molar-refractivity contribution in [3.8, 4) is 18.4 Å². The second kappa shape index (κ2) is 12.4. The molecular formula is C31H33F2N9O. The molecule has 3 heterocycles. The zero-order valence-electron chi connectivity index (χ0n) is 24.0. The number of aromatic nitrogens is 3. The lowest BCUT2D eigenvalue weighted by atomic mass is 9.85. The number of anilines is 1. The number of nitrogens with one attached hydrogen (secondary N) is 1. The highest BCUT2D eigenvalue weighted by Gasteiger charge is 2.47. The minimum absolute atomic E-state index is 0.0255. The predicted molar refractivity (Wildman–Crippen MR) is 159 cm³/mol. The molecule has 1 aromatic carbocycles. The van der Waals surface area contributed by atoms with Crippen LogP contribution in [0.1, 0.15) is 61.8 Å². The molecular weight excluding hydrogens is 552 g/mol. The van der Waals surface area contributed by atoms with E-state index in [1.54, 1.807) is 24.3 Å². The average Bonchev–Trinajstić information content (AvgIpc) is 3.82. The summed E-state index contributed by atoms with van der Waals surface area (Å²) in [5.74, 6) is -0.748. The van der Waals surface area contributed by atoms with E-state index in [1.165, 1.54) is 17.0 Å². The molecule has 0 spiro atoms. The van der Waals surface area contributed by atoms with Crippen LogP contribution >= 0.6 is 0 Å². The Morgan fingerprint density at radius 3 is 2.74 bits per heavy atom. The zero-order chi connectivity index (χ0) is 30.6. The minimum atomic E-state index is -2.99. The molecule has 3 aromatic rings. The van der Waals surface area contributed by atoms with Gasteiger partial charge in [-0.3, -0.25) is 14.3 Å². The van der Waals surface area contributed by atoms with Crippen molar-refractivity contribution in [2.45, 2.75) is 63.0 Å². The summed E-state index contributed by atoms with van der Waals surface area (Å²) < 4.78 is 32.9. The molecule has 5 rings (SSSR count). The Morgan fingerprint density at radius 2 is 2.07 bits per heavy atom. The van der Waals surface area contributed by atoms with Crippen molar-refractivity contribution < 1.29 is 8.78 Å². The monoisotopic (exact) mass is 585 g/mol. The van der Waals surface area contributed by atoms with Gasteiger partial charge in [0.1, 0.15) is 17.8 Å². The Morgan fingerprint density at radius 1 is 1.30 bits per heavy atom. The third-order valence-electron chi connectivity index (χ3n) is 8.61. The standard InChI is InChI=1S/C31H33F2N9O/c1-3-13-41-15-8-23(9-16-41)31(32,33)24-7-4-6-22(17-24)21(2)39-27-25-18-26(30(19-34)10-11-30)29(43)42(14-5-12-38-40-35)28(25)37-20-36-27/h1,4,6-7,17-18,20-21,23H,5,8-16H2,2H3,(H,36,37,39)/t21-/m1/s1. The fourth-order valence-electron chi connectivity index (χ4n) is 5.88. The Balaban J connectivity index is 1.44. The molecule has 0 bridgehead atoms. The van der Waals surface area contributed by atoms with Crippen molar-refractivity contribution in [2.75, 3.05) is 31.5 Å². The van der Waals surface area contributed by atoms with Gasteiger partial charge < -0.3 is 5.32 Å². The number of terminal acetylenes is 1. The maximum atomic E-state index is 15.7. The minimum Gasteiger partial charge on any atom is -0.363 e. The molecule has 12 heteroatoms. The van der Waals surface area contributed by atoms with E-state index in [9.17, 15) is 10.1 Å². The Bertz CT molecular complexity index is 1690. The summed E-state index contributed by atoms with van der Waals surface area (Å²) in [7, 11) is 0. The molecule has 1 saturated heterocycles. The maximum absolute atomic E-state index is 15.7. The molecule has 0 radical (unpaired) electrons. The molecule has 2 aliphatic rings. The summed E-state index contributed by atoms with van der Waals surface area (Å²) in [5.41, 5.74) is 8.87. The molecule has 2 aromatic heterocycles. The first-order valence-electron chi connectivity index (χ1n) is 14.5. The first-order valence-corrected chi connectivity index (χ1v) is 14.5. The van der Waals surface area contributed by atoms with Gasteiger partial charge in [-0.1, -0.05) is 29.2 Å². The van der Waals surface area contributed by atoms with Gasteiger partial charge in [0.05, 0.1) is 23.4 Å². The fourth-order valence-corrected chi connectivity index (χ4v) is 5.88. The van der Waals surface area contributed by atoms with Crippen LogP contribution in [-0.4, -0.2) is 45.6 Å². The number of likely N-dealkylation sites (tertiary alicyclic amines) is 1. The third kappa shape index (κ3) is 6.03. The number of pyridine rings is 1. The van der Waals surface area contributed by atoms with Crippen molar-refractivity contribution in [2.24, 2.45) is 11.0 Å². The van der Waals surface area contributed by atoms with Gasteiger partial charge in [0.25, 0.3) is 11.5 Å². The summed E-state index contributed by atoms with van der Waals surface area (Å²) in [5, 5.41) is 17.3. The number of fused-ring (bicyclic) bond motifs is 1. The topological polar surface area (TPSA) is 136 Å². The SMILES string of the molecule is C#CCN1CCC(C(F)(F)c2cccc([C@@H](C)Nc3ncnc4c3cc(C3(C#N)CC3)c(=O)n4CCCN=[N+]=[N-])c2)CC1. The van der Waals surface area contributed by atoms with E-state index in [0.29, 0.717) is 79.7 Å². The first kappa shape index (κ1) is 30.0. The van der Waals surface area contributed by atoms with Gasteiger partial charge in [-0.25, -0.2) is 18.7 Å². The summed E-state index contributed by atoms with van der Waals surface area (Å²) in [6.45, 7) is 3.88. The Kier molecular flexibility index (Phi) is 8.63. The van der Waals surface area contributed by atoms with Crippen LogP contribution in [0.5, 0.6) is 0 Å². The quantitative estimate of drug-likeness (QED) is 0.101. The van der Waals surface area contributed by atoms with Gasteiger partial charge in [-0.2, -0.15) is 5.26 Å². The van der Waals surface area contributed by atoms with Crippen molar-refractivity contribution in [3.05, 3.63) is 74.1 Å². The van der Waals surface area contributed by atoms with E-state index >= 15 is 8.78 Å². The number of hydrogen-bond donors (Lipinski definition) is 1. The second-order valence-corrected chi connectivity index (χ2v) is 11.3. The molecule has 1 N–H and O–H groups in total. The number of halogens is 2. The summed E-state index contributed by atoms with van der Waals surface area (Å²) in [6.07, 6.45) is 9.05. The molecule has 43 heavy (non-hydrogen) atoms. The molecule has 1 aliphatic carbocycles. The third-order valence-corrected chi connectivity index (χ3v) is 8.61. The van der Waals surface area contributed by atoms with E-state index in [-0.39, 0.29) is 24.2 Å². The number of nitriles is 1. The predicted octanol–water partition coefficient (Wildman–Crippen LogP) is 5.66. The highest BCUT2D eigenvalue weighted by Crippen LogP contribution is 2.47. The van der Waals surface area contributed by atoms with E-state index in [0.717, 1.165) is 0 Å². The summed E-state index contributed by atoms with van der Waals surface area (Å²) in [4.78, 5) is 27.1. The van der Waals surface area contributed by atoms with Gasteiger partial charge in [-0.15, -0.1) is 6.42 Å². The summed E-state index contributed by atoms with van der Waals surface area (Å²) >= 11 is 0. The number of rotatable bonds is 11. The highest BCUT2D eigenvalue weighted by atomic mass is 19.3. The van der Waals surface area contributed by atoms with Gasteiger partial charge in [-0.05, 0) is 75.3 Å². The van der Waals surface area contributed by atoms with E-state index in [2.05, 4.69) is 37.3 Å². The van der Waals surface area contributed by atoms with Crippen molar-refractivity contribution in [1.29, 1.82) is 5.26 Å². The Hall–Kier alpha value is -4.51. The number of azide groups is 1.